The summed E-state index contributed by atoms with van der Waals surface area (Å²) in [4.78, 5) is 16.8. The number of nitrogens with zero attached hydrogens (tertiary/aromatic N) is 4. The van der Waals surface area contributed by atoms with Crippen molar-refractivity contribution in [2.45, 2.75) is 13.3 Å². The predicted molar refractivity (Wildman–Crippen MR) is 136 cm³/mol. The Morgan fingerprint density at radius 3 is 2.51 bits per heavy atom. The lowest BCUT2D eigenvalue weighted by Gasteiger charge is -2.07. The fourth-order valence-corrected chi connectivity index (χ4v) is 3.82. The largest absolute Gasteiger partial charge is 0.326 e. The number of aryl methyl sites for hydroxylation is 1. The highest BCUT2D eigenvalue weighted by molar-refractivity contribution is 5.92. The molecule has 0 aliphatic rings. The molecule has 0 radical (unpaired) electrons. The summed E-state index contributed by atoms with van der Waals surface area (Å²) in [5, 5.41) is 20.0. The van der Waals surface area contributed by atoms with Crippen molar-refractivity contribution in [2.75, 3.05) is 10.6 Å². The fraction of sp³-hybridized carbons (Fsp3) is 0.0714. The second kappa shape index (κ2) is 9.49. The van der Waals surface area contributed by atoms with E-state index in [1.165, 1.54) is 0 Å². The first kappa shape index (κ1) is 21.9. The second-order valence-corrected chi connectivity index (χ2v) is 8.23. The van der Waals surface area contributed by atoms with Crippen molar-refractivity contribution in [1.29, 1.82) is 5.26 Å². The molecule has 2 N–H and O–H groups in total. The van der Waals surface area contributed by atoms with E-state index in [1.54, 1.807) is 10.6 Å². The minimum absolute atomic E-state index is 0.0545. The van der Waals surface area contributed by atoms with Gasteiger partial charge >= 0.3 is 0 Å². The highest BCUT2D eigenvalue weighted by atomic mass is 16.1. The summed E-state index contributed by atoms with van der Waals surface area (Å²) < 4.78 is 1.70. The number of carbonyl (C=O) groups excluding carboxylic acids is 1. The molecular formula is C28H22N6O. The zero-order valence-electron chi connectivity index (χ0n) is 19.1. The van der Waals surface area contributed by atoms with Gasteiger partial charge in [0.15, 0.2) is 5.65 Å². The molecule has 7 heteroatoms. The zero-order chi connectivity index (χ0) is 24.2. The number of nitriles is 1. The molecule has 35 heavy (non-hydrogen) atoms. The van der Waals surface area contributed by atoms with Crippen LogP contribution < -0.4 is 10.6 Å². The Morgan fingerprint density at radius 1 is 0.971 bits per heavy atom. The van der Waals surface area contributed by atoms with Gasteiger partial charge < -0.3 is 10.6 Å². The van der Waals surface area contributed by atoms with E-state index in [2.05, 4.69) is 26.8 Å². The predicted octanol–water partition coefficient (Wildman–Crippen LogP) is 5.50. The minimum Gasteiger partial charge on any atom is -0.326 e. The van der Waals surface area contributed by atoms with Crippen LogP contribution in [0.4, 0.5) is 17.3 Å². The lowest BCUT2D eigenvalue weighted by Crippen LogP contribution is -2.14. The number of aromatic nitrogens is 3. The second-order valence-electron chi connectivity index (χ2n) is 8.23. The van der Waals surface area contributed by atoms with E-state index in [0.29, 0.717) is 29.3 Å². The molecule has 2 aromatic heterocycles. The molecule has 0 saturated heterocycles. The molecule has 3 aromatic carbocycles. The van der Waals surface area contributed by atoms with Crippen LogP contribution >= 0.6 is 0 Å². The maximum atomic E-state index is 12.3. The molecule has 0 aliphatic carbocycles. The van der Waals surface area contributed by atoms with Crippen LogP contribution in [0, 0.1) is 18.3 Å². The Bertz CT molecular complexity index is 1550. The van der Waals surface area contributed by atoms with Crippen LogP contribution in [0.5, 0.6) is 0 Å². The number of amides is 1. The quantitative estimate of drug-likeness (QED) is 0.350. The molecule has 170 valence electrons. The van der Waals surface area contributed by atoms with Crippen molar-refractivity contribution in [1.82, 2.24) is 14.6 Å². The van der Waals surface area contributed by atoms with Crippen LogP contribution in [0.2, 0.25) is 0 Å². The minimum atomic E-state index is -0.0545. The molecular weight excluding hydrogens is 436 g/mol. The van der Waals surface area contributed by atoms with Gasteiger partial charge in [0.05, 0.1) is 17.7 Å². The van der Waals surface area contributed by atoms with E-state index in [4.69, 9.17) is 0 Å². The standard InChI is InChI=1S/C28H22N6O/c1-19-7-8-22(17-29)25(15-19)31-28-32-26-14-11-23(18-34(26)33-28)21-9-12-24(13-10-21)30-27(35)16-20-5-3-2-4-6-20/h2-15,18H,16H2,1H3,(H,30,35)(H,31,33). The lowest BCUT2D eigenvalue weighted by atomic mass is 10.1. The molecule has 0 unspecified atom stereocenters. The van der Waals surface area contributed by atoms with Crippen LogP contribution in [0.3, 0.4) is 0 Å². The Morgan fingerprint density at radius 2 is 1.74 bits per heavy atom. The Labute approximate surface area is 202 Å². The smallest absolute Gasteiger partial charge is 0.247 e. The van der Waals surface area contributed by atoms with Gasteiger partial charge in [-0.15, -0.1) is 5.10 Å². The van der Waals surface area contributed by atoms with E-state index in [1.807, 2.05) is 92.0 Å². The van der Waals surface area contributed by atoms with E-state index >= 15 is 0 Å². The summed E-state index contributed by atoms with van der Waals surface area (Å²) in [5.74, 6) is 0.363. The van der Waals surface area contributed by atoms with Gasteiger partial charge in [0.2, 0.25) is 11.9 Å². The highest BCUT2D eigenvalue weighted by Gasteiger charge is 2.09. The number of anilines is 3. The summed E-state index contributed by atoms with van der Waals surface area (Å²) in [7, 11) is 0. The number of benzene rings is 3. The van der Waals surface area contributed by atoms with Gasteiger partial charge in [0.25, 0.3) is 0 Å². The maximum absolute atomic E-state index is 12.3. The van der Waals surface area contributed by atoms with Crippen molar-refractivity contribution in [3.8, 4) is 17.2 Å². The topological polar surface area (TPSA) is 95.1 Å². The average molecular weight is 459 g/mol. The SMILES string of the molecule is Cc1ccc(C#N)c(Nc2nc3ccc(-c4ccc(NC(=O)Cc5ccccc5)cc4)cn3n2)c1. The van der Waals surface area contributed by atoms with Gasteiger partial charge in [-0.1, -0.05) is 48.5 Å². The van der Waals surface area contributed by atoms with Crippen LogP contribution in [0.25, 0.3) is 16.8 Å². The Balaban J connectivity index is 1.31. The summed E-state index contributed by atoms with van der Waals surface area (Å²) >= 11 is 0. The summed E-state index contributed by atoms with van der Waals surface area (Å²) in [6.07, 6.45) is 2.23. The lowest BCUT2D eigenvalue weighted by molar-refractivity contribution is -0.115. The molecule has 0 atom stereocenters. The van der Waals surface area contributed by atoms with Gasteiger partial charge in [0.1, 0.15) is 6.07 Å². The maximum Gasteiger partial charge on any atom is 0.247 e. The number of pyridine rings is 1. The molecule has 0 spiro atoms. The summed E-state index contributed by atoms with van der Waals surface area (Å²) in [5.41, 5.74) is 6.61. The number of carbonyl (C=O) groups is 1. The monoisotopic (exact) mass is 458 g/mol. The average Bonchev–Trinajstić information content (AvgIpc) is 3.27. The summed E-state index contributed by atoms with van der Waals surface area (Å²) in [6, 6.07) is 29.0. The zero-order valence-corrected chi connectivity index (χ0v) is 19.1. The third-order valence-electron chi connectivity index (χ3n) is 5.58. The number of rotatable bonds is 6. The third-order valence-corrected chi connectivity index (χ3v) is 5.58. The number of nitrogens with one attached hydrogen (secondary N) is 2. The molecule has 0 fully saturated rings. The molecule has 0 aliphatic heterocycles. The van der Waals surface area contributed by atoms with E-state index in [0.717, 1.165) is 27.9 Å². The van der Waals surface area contributed by atoms with E-state index in [9.17, 15) is 10.1 Å². The normalized spacial score (nSPS) is 10.6. The molecule has 0 bridgehead atoms. The first-order valence-electron chi connectivity index (χ1n) is 11.2. The molecule has 1 amide bonds. The fourth-order valence-electron chi connectivity index (χ4n) is 3.82. The number of hydrogen-bond acceptors (Lipinski definition) is 5. The van der Waals surface area contributed by atoms with Crippen molar-refractivity contribution in [3.63, 3.8) is 0 Å². The van der Waals surface area contributed by atoms with Gasteiger partial charge in [0, 0.05) is 17.4 Å². The molecule has 5 aromatic rings. The summed E-state index contributed by atoms with van der Waals surface area (Å²) in [6.45, 7) is 1.97. The Kier molecular flexibility index (Phi) is 5.93. The highest BCUT2D eigenvalue weighted by Crippen LogP contribution is 2.24. The first-order chi connectivity index (χ1) is 17.1. The van der Waals surface area contributed by atoms with Crippen molar-refractivity contribution < 1.29 is 4.79 Å². The van der Waals surface area contributed by atoms with Crippen molar-refractivity contribution in [3.05, 3.63) is 108 Å². The molecule has 2 heterocycles. The number of fused-ring (bicyclic) bond motifs is 1. The van der Waals surface area contributed by atoms with Crippen molar-refractivity contribution in [2.24, 2.45) is 0 Å². The van der Waals surface area contributed by atoms with Crippen LogP contribution in [-0.2, 0) is 11.2 Å². The third kappa shape index (κ3) is 5.02. The van der Waals surface area contributed by atoms with Gasteiger partial charge in [-0.25, -0.2) is 4.52 Å². The Hall–Kier alpha value is -4.96. The number of hydrogen-bond donors (Lipinski definition) is 2. The van der Waals surface area contributed by atoms with Gasteiger partial charge in [-0.3, -0.25) is 4.79 Å². The first-order valence-corrected chi connectivity index (χ1v) is 11.2. The van der Waals surface area contributed by atoms with Gasteiger partial charge in [-0.05, 0) is 60.0 Å². The molecule has 0 saturated carbocycles. The van der Waals surface area contributed by atoms with Crippen molar-refractivity contribution >= 4 is 28.9 Å². The van der Waals surface area contributed by atoms with Gasteiger partial charge in [-0.2, -0.15) is 10.2 Å². The molecule has 7 nitrogen and oxygen atoms in total. The molecule has 5 rings (SSSR count). The van der Waals surface area contributed by atoms with Crippen LogP contribution in [-0.4, -0.2) is 20.5 Å². The van der Waals surface area contributed by atoms with E-state index < -0.39 is 0 Å². The van der Waals surface area contributed by atoms with Crippen LogP contribution in [0.1, 0.15) is 16.7 Å². The van der Waals surface area contributed by atoms with E-state index in [-0.39, 0.29) is 5.91 Å². The van der Waals surface area contributed by atoms with Crippen LogP contribution in [0.15, 0.2) is 91.1 Å².